The van der Waals surface area contributed by atoms with Crippen LogP contribution in [0.4, 0.5) is 5.69 Å². The number of amides is 1. The lowest BCUT2D eigenvalue weighted by Crippen LogP contribution is -2.16. The Kier molecular flexibility index (Phi) is 5.64. The molecule has 3 rings (SSSR count). The van der Waals surface area contributed by atoms with Gasteiger partial charge in [0.25, 0.3) is 0 Å². The van der Waals surface area contributed by atoms with Gasteiger partial charge in [0.15, 0.2) is 0 Å². The van der Waals surface area contributed by atoms with E-state index in [2.05, 4.69) is 52.2 Å². The summed E-state index contributed by atoms with van der Waals surface area (Å²) in [7, 11) is 0. The predicted molar refractivity (Wildman–Crippen MR) is 107 cm³/mol. The van der Waals surface area contributed by atoms with Gasteiger partial charge in [-0.3, -0.25) is 4.79 Å². The summed E-state index contributed by atoms with van der Waals surface area (Å²) in [6, 6.07) is 28.2. The van der Waals surface area contributed by atoms with Gasteiger partial charge in [0.1, 0.15) is 0 Å². The van der Waals surface area contributed by atoms with Gasteiger partial charge < -0.3 is 5.32 Å². The molecule has 1 amide bonds. The molecule has 1 N–H and O–H groups in total. The number of anilines is 1. The highest BCUT2D eigenvalue weighted by molar-refractivity contribution is 14.1. The van der Waals surface area contributed by atoms with E-state index in [-0.39, 0.29) is 11.8 Å². The molecule has 0 aliphatic carbocycles. The first-order chi connectivity index (χ1) is 11.7. The largest absolute Gasteiger partial charge is 0.326 e. The van der Waals surface area contributed by atoms with Gasteiger partial charge in [0.2, 0.25) is 5.91 Å². The van der Waals surface area contributed by atoms with E-state index in [1.165, 1.54) is 0 Å². The van der Waals surface area contributed by atoms with Gasteiger partial charge in [0.05, 0.1) is 0 Å². The molecule has 120 valence electrons. The minimum Gasteiger partial charge on any atom is -0.326 e. The van der Waals surface area contributed by atoms with Gasteiger partial charge in [-0.25, -0.2) is 0 Å². The molecule has 0 saturated carbocycles. The van der Waals surface area contributed by atoms with E-state index in [9.17, 15) is 4.79 Å². The maximum absolute atomic E-state index is 12.6. The Morgan fingerprint density at radius 3 is 1.96 bits per heavy atom. The molecule has 24 heavy (non-hydrogen) atoms. The third-order valence-corrected chi connectivity index (χ3v) is 4.57. The zero-order chi connectivity index (χ0) is 16.8. The zero-order valence-corrected chi connectivity index (χ0v) is 15.3. The predicted octanol–water partition coefficient (Wildman–Crippen LogP) is 5.45. The monoisotopic (exact) mass is 427 g/mol. The lowest BCUT2D eigenvalue weighted by molar-refractivity contribution is -0.116. The average molecular weight is 427 g/mol. The van der Waals surface area contributed by atoms with E-state index in [1.54, 1.807) is 0 Å². The van der Waals surface area contributed by atoms with Crippen molar-refractivity contribution < 1.29 is 4.79 Å². The Balaban J connectivity index is 1.80. The van der Waals surface area contributed by atoms with Crippen LogP contribution in [0.1, 0.15) is 23.5 Å². The van der Waals surface area contributed by atoms with Gasteiger partial charge >= 0.3 is 0 Å². The van der Waals surface area contributed by atoms with Crippen molar-refractivity contribution in [1.82, 2.24) is 0 Å². The molecule has 3 heteroatoms. The topological polar surface area (TPSA) is 29.1 Å². The molecule has 0 bridgehead atoms. The van der Waals surface area contributed by atoms with Gasteiger partial charge in [0, 0.05) is 21.6 Å². The molecule has 0 saturated heterocycles. The molecule has 3 aromatic rings. The zero-order valence-electron chi connectivity index (χ0n) is 13.2. The lowest BCUT2D eigenvalue weighted by Gasteiger charge is -2.18. The van der Waals surface area contributed by atoms with Crippen LogP contribution in [0.5, 0.6) is 0 Å². The van der Waals surface area contributed by atoms with E-state index in [0.29, 0.717) is 6.42 Å². The highest BCUT2D eigenvalue weighted by atomic mass is 127. The molecule has 0 aromatic heterocycles. The summed E-state index contributed by atoms with van der Waals surface area (Å²) in [5, 5.41) is 3.01. The van der Waals surface area contributed by atoms with Crippen molar-refractivity contribution in [3.8, 4) is 0 Å². The molecule has 0 aliphatic rings. The number of carbonyl (C=O) groups excluding carboxylic acids is 1. The van der Waals surface area contributed by atoms with E-state index in [4.69, 9.17) is 0 Å². The van der Waals surface area contributed by atoms with Crippen LogP contribution in [0.3, 0.4) is 0 Å². The first-order valence-electron chi connectivity index (χ1n) is 7.87. The number of hydrogen-bond donors (Lipinski definition) is 1. The molecule has 0 radical (unpaired) electrons. The summed E-state index contributed by atoms with van der Waals surface area (Å²) in [6.45, 7) is 0. The van der Waals surface area contributed by atoms with Crippen LogP contribution >= 0.6 is 22.6 Å². The van der Waals surface area contributed by atoms with E-state index >= 15 is 0 Å². The van der Waals surface area contributed by atoms with Crippen LogP contribution < -0.4 is 5.32 Å². The van der Waals surface area contributed by atoms with Crippen molar-refractivity contribution in [3.63, 3.8) is 0 Å². The van der Waals surface area contributed by atoms with Gasteiger partial charge in [-0.15, -0.1) is 0 Å². The third kappa shape index (κ3) is 4.45. The molecule has 2 nitrogen and oxygen atoms in total. The number of benzene rings is 3. The minimum atomic E-state index is 0.0229. The van der Waals surface area contributed by atoms with Crippen LogP contribution in [-0.2, 0) is 4.79 Å². The Hall–Kier alpha value is -2.14. The maximum Gasteiger partial charge on any atom is 0.225 e. The van der Waals surface area contributed by atoms with Gasteiger partial charge in [-0.2, -0.15) is 0 Å². The molecule has 0 aliphatic heterocycles. The summed E-state index contributed by atoms with van der Waals surface area (Å²) in [5.74, 6) is 0.0740. The highest BCUT2D eigenvalue weighted by Crippen LogP contribution is 2.28. The lowest BCUT2D eigenvalue weighted by atomic mass is 9.88. The van der Waals surface area contributed by atoms with Crippen molar-refractivity contribution in [2.75, 3.05) is 5.32 Å². The highest BCUT2D eigenvalue weighted by Gasteiger charge is 2.18. The molecule has 3 aromatic carbocycles. The van der Waals surface area contributed by atoms with Crippen LogP contribution in [-0.4, -0.2) is 5.91 Å². The standard InChI is InChI=1S/C21H18INO/c22-18-12-7-13-19(14-18)23-21(24)15-20(16-8-3-1-4-9-16)17-10-5-2-6-11-17/h1-14,20H,15H2,(H,23,24). The second kappa shape index (κ2) is 8.11. The van der Waals surface area contributed by atoms with Crippen LogP contribution in [0.2, 0.25) is 0 Å². The van der Waals surface area contributed by atoms with E-state index in [1.807, 2.05) is 60.7 Å². The SMILES string of the molecule is O=C(CC(c1ccccc1)c1ccccc1)Nc1cccc(I)c1. The van der Waals surface area contributed by atoms with Crippen molar-refractivity contribution in [2.45, 2.75) is 12.3 Å². The molecule has 0 atom stereocenters. The summed E-state index contributed by atoms with van der Waals surface area (Å²) in [4.78, 5) is 12.6. The average Bonchev–Trinajstić information content (AvgIpc) is 2.61. The number of halogens is 1. The molecule has 0 spiro atoms. The fraction of sp³-hybridized carbons (Fsp3) is 0.0952. The second-order valence-corrected chi connectivity index (χ2v) is 6.88. The number of rotatable bonds is 5. The fourth-order valence-corrected chi connectivity index (χ4v) is 3.31. The normalized spacial score (nSPS) is 10.6. The molecule has 0 fully saturated rings. The summed E-state index contributed by atoms with van der Waals surface area (Å²) < 4.78 is 1.10. The Morgan fingerprint density at radius 1 is 0.833 bits per heavy atom. The molecule has 0 unspecified atom stereocenters. The van der Waals surface area contributed by atoms with Crippen LogP contribution in [0, 0.1) is 3.57 Å². The third-order valence-electron chi connectivity index (χ3n) is 3.90. The van der Waals surface area contributed by atoms with Crippen LogP contribution in [0.15, 0.2) is 84.9 Å². The minimum absolute atomic E-state index is 0.0229. The van der Waals surface area contributed by atoms with Crippen molar-refractivity contribution in [3.05, 3.63) is 99.6 Å². The Bertz CT molecular complexity index is 763. The van der Waals surface area contributed by atoms with Crippen molar-refractivity contribution >= 4 is 34.2 Å². The Labute approximate surface area is 156 Å². The maximum atomic E-state index is 12.6. The molecule has 0 heterocycles. The summed E-state index contributed by atoms with van der Waals surface area (Å²) in [6.07, 6.45) is 0.416. The fourth-order valence-electron chi connectivity index (χ4n) is 2.76. The van der Waals surface area contributed by atoms with E-state index < -0.39 is 0 Å². The first kappa shape index (κ1) is 16.7. The van der Waals surface area contributed by atoms with Crippen molar-refractivity contribution in [1.29, 1.82) is 0 Å². The quantitative estimate of drug-likeness (QED) is 0.539. The smallest absolute Gasteiger partial charge is 0.225 e. The first-order valence-corrected chi connectivity index (χ1v) is 8.95. The second-order valence-electron chi connectivity index (χ2n) is 5.64. The number of nitrogens with one attached hydrogen (secondary N) is 1. The molecular weight excluding hydrogens is 409 g/mol. The van der Waals surface area contributed by atoms with Crippen LogP contribution in [0.25, 0.3) is 0 Å². The number of hydrogen-bond acceptors (Lipinski definition) is 1. The molecular formula is C21H18INO. The van der Waals surface area contributed by atoms with Crippen molar-refractivity contribution in [2.24, 2.45) is 0 Å². The van der Waals surface area contributed by atoms with E-state index in [0.717, 1.165) is 20.4 Å². The Morgan fingerprint density at radius 2 is 1.42 bits per heavy atom. The van der Waals surface area contributed by atoms with Gasteiger partial charge in [-0.1, -0.05) is 66.7 Å². The summed E-state index contributed by atoms with van der Waals surface area (Å²) in [5.41, 5.74) is 3.15. The number of carbonyl (C=O) groups is 1. The van der Waals surface area contributed by atoms with Gasteiger partial charge in [-0.05, 0) is 51.9 Å². The summed E-state index contributed by atoms with van der Waals surface area (Å²) >= 11 is 2.25.